The van der Waals surface area contributed by atoms with Crippen molar-refractivity contribution in [1.29, 1.82) is 0 Å². The molecule has 0 amide bonds. The summed E-state index contributed by atoms with van der Waals surface area (Å²) in [6.07, 6.45) is 0. The zero-order chi connectivity index (χ0) is 18.2. The molecule has 1 heterocycles. The lowest BCUT2D eigenvalue weighted by molar-refractivity contribution is 0.536. The van der Waals surface area contributed by atoms with Crippen molar-refractivity contribution in [3.63, 3.8) is 0 Å². The van der Waals surface area contributed by atoms with E-state index in [0.29, 0.717) is 11.1 Å². The van der Waals surface area contributed by atoms with Gasteiger partial charge in [-0.25, -0.2) is 4.79 Å². The van der Waals surface area contributed by atoms with Gasteiger partial charge in [-0.2, -0.15) is 0 Å². The average molecular weight is 348 g/mol. The fraction of sp³-hybridized carbons (Fsp3) is 0. The minimum absolute atomic E-state index is 0.311. The predicted octanol–water partition coefficient (Wildman–Crippen LogP) is 6.28. The lowest BCUT2D eigenvalue weighted by Crippen LogP contribution is -2.03. The van der Waals surface area contributed by atoms with Gasteiger partial charge in [0.2, 0.25) is 0 Å². The zero-order valence-corrected chi connectivity index (χ0v) is 14.6. The van der Waals surface area contributed by atoms with E-state index in [1.54, 1.807) is 0 Å². The zero-order valence-electron chi connectivity index (χ0n) is 14.6. The maximum atomic E-state index is 12.8. The maximum absolute atomic E-state index is 12.8. The molecule has 0 aliphatic heterocycles. The van der Waals surface area contributed by atoms with Crippen LogP contribution in [-0.4, -0.2) is 0 Å². The first kappa shape index (κ1) is 15.6. The van der Waals surface area contributed by atoms with Crippen LogP contribution in [0.5, 0.6) is 0 Å². The molecule has 0 N–H and O–H groups in total. The number of benzene rings is 4. The normalized spacial score (nSPS) is 11.1. The molecule has 0 radical (unpaired) electrons. The Labute approximate surface area is 156 Å². The molecule has 128 valence electrons. The number of fused-ring (bicyclic) bond motifs is 2. The summed E-state index contributed by atoms with van der Waals surface area (Å²) < 4.78 is 5.86. The van der Waals surface area contributed by atoms with Crippen LogP contribution in [0.2, 0.25) is 0 Å². The molecule has 0 saturated carbocycles. The third kappa shape index (κ3) is 2.63. The summed E-state index contributed by atoms with van der Waals surface area (Å²) in [7, 11) is 0. The maximum Gasteiger partial charge on any atom is 0.344 e. The molecule has 2 heteroatoms. The van der Waals surface area contributed by atoms with E-state index in [9.17, 15) is 4.79 Å². The topological polar surface area (TPSA) is 30.2 Å². The average Bonchev–Trinajstić information content (AvgIpc) is 2.74. The van der Waals surface area contributed by atoms with Gasteiger partial charge >= 0.3 is 5.63 Å². The first-order valence-electron chi connectivity index (χ1n) is 8.92. The Balaban J connectivity index is 1.98. The van der Waals surface area contributed by atoms with Gasteiger partial charge in [-0.15, -0.1) is 0 Å². The van der Waals surface area contributed by atoms with Crippen LogP contribution < -0.4 is 5.63 Å². The van der Waals surface area contributed by atoms with E-state index in [1.165, 1.54) is 0 Å². The third-order valence-corrected chi connectivity index (χ3v) is 4.90. The molecular weight excluding hydrogens is 332 g/mol. The fourth-order valence-corrected chi connectivity index (χ4v) is 3.62. The molecule has 0 atom stereocenters. The molecule has 4 aromatic carbocycles. The van der Waals surface area contributed by atoms with E-state index in [0.717, 1.165) is 32.8 Å². The van der Waals surface area contributed by atoms with Gasteiger partial charge in [-0.1, -0.05) is 84.9 Å². The largest absolute Gasteiger partial charge is 0.422 e. The van der Waals surface area contributed by atoms with Crippen LogP contribution in [0.4, 0.5) is 0 Å². The Kier molecular flexibility index (Phi) is 3.61. The highest BCUT2D eigenvalue weighted by atomic mass is 16.4. The lowest BCUT2D eigenvalue weighted by atomic mass is 9.94. The van der Waals surface area contributed by atoms with Crippen molar-refractivity contribution < 1.29 is 4.42 Å². The van der Waals surface area contributed by atoms with Gasteiger partial charge in [-0.05, 0) is 28.5 Å². The van der Waals surface area contributed by atoms with Gasteiger partial charge in [0.15, 0.2) is 0 Å². The van der Waals surface area contributed by atoms with E-state index in [1.807, 2.05) is 72.8 Å². The molecule has 5 aromatic rings. The van der Waals surface area contributed by atoms with Crippen LogP contribution in [0.1, 0.15) is 0 Å². The Morgan fingerprint density at radius 3 is 1.70 bits per heavy atom. The van der Waals surface area contributed by atoms with E-state index < -0.39 is 0 Å². The van der Waals surface area contributed by atoms with E-state index in [2.05, 4.69) is 24.3 Å². The molecule has 1 aromatic heterocycles. The van der Waals surface area contributed by atoms with Crippen molar-refractivity contribution in [3.05, 3.63) is 107 Å². The van der Waals surface area contributed by atoms with Crippen molar-refractivity contribution in [2.24, 2.45) is 0 Å². The SMILES string of the molecule is O=c1oc(-c2ccccc2)c(-c2ccccc2)c2cc3ccccc3cc12. The highest BCUT2D eigenvalue weighted by Crippen LogP contribution is 2.37. The van der Waals surface area contributed by atoms with E-state index in [-0.39, 0.29) is 5.63 Å². The Morgan fingerprint density at radius 2 is 1.07 bits per heavy atom. The summed E-state index contributed by atoms with van der Waals surface area (Å²) in [6, 6.07) is 32.0. The first-order valence-corrected chi connectivity index (χ1v) is 8.92. The summed E-state index contributed by atoms with van der Waals surface area (Å²) in [5.41, 5.74) is 2.56. The van der Waals surface area contributed by atoms with Crippen molar-refractivity contribution in [2.45, 2.75) is 0 Å². The van der Waals surface area contributed by atoms with Gasteiger partial charge in [-0.3, -0.25) is 0 Å². The van der Waals surface area contributed by atoms with Crippen molar-refractivity contribution >= 4 is 21.5 Å². The summed E-state index contributed by atoms with van der Waals surface area (Å²) >= 11 is 0. The minimum atomic E-state index is -0.311. The summed E-state index contributed by atoms with van der Waals surface area (Å²) in [6.45, 7) is 0. The molecule has 0 aliphatic carbocycles. The molecular formula is C25H16O2. The number of rotatable bonds is 2. The second-order valence-electron chi connectivity index (χ2n) is 6.57. The number of hydrogen-bond acceptors (Lipinski definition) is 2. The minimum Gasteiger partial charge on any atom is -0.422 e. The molecule has 0 spiro atoms. The highest BCUT2D eigenvalue weighted by Gasteiger charge is 2.17. The Bertz CT molecular complexity index is 1320. The summed E-state index contributed by atoms with van der Waals surface area (Å²) in [5.74, 6) is 0.606. The molecule has 0 saturated heterocycles. The van der Waals surface area contributed by atoms with Gasteiger partial charge in [0.25, 0.3) is 0 Å². The number of hydrogen-bond donors (Lipinski definition) is 0. The summed E-state index contributed by atoms with van der Waals surface area (Å²) in [4.78, 5) is 12.8. The van der Waals surface area contributed by atoms with Gasteiger partial charge in [0, 0.05) is 16.5 Å². The molecule has 0 fully saturated rings. The molecule has 0 unspecified atom stereocenters. The van der Waals surface area contributed by atoms with Crippen molar-refractivity contribution in [2.75, 3.05) is 0 Å². The van der Waals surface area contributed by atoms with Gasteiger partial charge in [0.05, 0.1) is 5.39 Å². The smallest absolute Gasteiger partial charge is 0.344 e. The van der Waals surface area contributed by atoms with Crippen LogP contribution in [0.3, 0.4) is 0 Å². The van der Waals surface area contributed by atoms with E-state index in [4.69, 9.17) is 4.42 Å². The van der Waals surface area contributed by atoms with Crippen LogP contribution in [0.25, 0.3) is 44.0 Å². The lowest BCUT2D eigenvalue weighted by Gasteiger charge is -2.13. The predicted molar refractivity (Wildman–Crippen MR) is 111 cm³/mol. The van der Waals surface area contributed by atoms with Crippen LogP contribution in [0, 0.1) is 0 Å². The highest BCUT2D eigenvalue weighted by molar-refractivity contribution is 6.07. The second kappa shape index (κ2) is 6.26. The first-order chi connectivity index (χ1) is 13.3. The second-order valence-corrected chi connectivity index (χ2v) is 6.57. The quantitative estimate of drug-likeness (QED) is 0.351. The van der Waals surface area contributed by atoms with Crippen molar-refractivity contribution in [3.8, 4) is 22.5 Å². The van der Waals surface area contributed by atoms with E-state index >= 15 is 0 Å². The molecule has 0 bridgehead atoms. The van der Waals surface area contributed by atoms with Crippen LogP contribution in [-0.2, 0) is 0 Å². The summed E-state index contributed by atoms with van der Waals surface area (Å²) in [5, 5.41) is 3.65. The molecule has 5 rings (SSSR count). The molecule has 0 aliphatic rings. The monoisotopic (exact) mass is 348 g/mol. The Morgan fingerprint density at radius 1 is 0.556 bits per heavy atom. The molecule has 2 nitrogen and oxygen atoms in total. The van der Waals surface area contributed by atoms with Gasteiger partial charge < -0.3 is 4.42 Å². The van der Waals surface area contributed by atoms with Crippen molar-refractivity contribution in [1.82, 2.24) is 0 Å². The fourth-order valence-electron chi connectivity index (χ4n) is 3.62. The van der Waals surface area contributed by atoms with Crippen LogP contribution >= 0.6 is 0 Å². The standard InChI is InChI=1S/C25H16O2/c26-25-22-16-20-14-8-7-13-19(20)15-21(22)23(17-9-3-1-4-10-17)24(27-25)18-11-5-2-6-12-18/h1-16H. The third-order valence-electron chi connectivity index (χ3n) is 4.90. The van der Waals surface area contributed by atoms with Gasteiger partial charge in [0.1, 0.15) is 5.76 Å². The Hall–Kier alpha value is -3.65. The van der Waals surface area contributed by atoms with Crippen LogP contribution in [0.15, 0.2) is 106 Å². The molecule has 27 heavy (non-hydrogen) atoms.